The molecule has 0 radical (unpaired) electrons. The number of ketones is 1. The SMILES string of the molecule is CCOc1ccccc1-c1nc(Cn2c(C(=O)c3cccc(F)c3)nc3ccccc32)c(C)o1. The lowest BCUT2D eigenvalue weighted by atomic mass is 10.1. The van der Waals surface area contributed by atoms with Crippen molar-refractivity contribution < 1.29 is 18.3 Å². The Kier molecular flexibility index (Phi) is 5.67. The molecule has 3 aromatic carbocycles. The Morgan fingerprint density at radius 1 is 1.03 bits per heavy atom. The van der Waals surface area contributed by atoms with Crippen molar-refractivity contribution in [1.82, 2.24) is 14.5 Å². The van der Waals surface area contributed by atoms with Crippen LogP contribution in [0.15, 0.2) is 77.2 Å². The van der Waals surface area contributed by atoms with Crippen molar-refractivity contribution in [2.24, 2.45) is 0 Å². The third kappa shape index (κ3) is 3.96. The first-order valence-electron chi connectivity index (χ1n) is 11.0. The minimum Gasteiger partial charge on any atom is -0.493 e. The zero-order valence-corrected chi connectivity index (χ0v) is 18.8. The van der Waals surface area contributed by atoms with Gasteiger partial charge in [0, 0.05) is 5.56 Å². The first kappa shape index (κ1) is 21.6. The normalized spacial score (nSPS) is 11.1. The number of nitrogens with zero attached hydrogens (tertiary/aromatic N) is 3. The van der Waals surface area contributed by atoms with Gasteiger partial charge in [0.05, 0.1) is 29.7 Å². The number of para-hydroxylation sites is 3. The number of hydrogen-bond acceptors (Lipinski definition) is 5. The van der Waals surface area contributed by atoms with Crippen molar-refractivity contribution in [3.8, 4) is 17.2 Å². The Labute approximate surface area is 195 Å². The second kappa shape index (κ2) is 8.94. The van der Waals surface area contributed by atoms with Crippen LogP contribution in [0.3, 0.4) is 0 Å². The minimum absolute atomic E-state index is 0.213. The van der Waals surface area contributed by atoms with Gasteiger partial charge in [-0.25, -0.2) is 14.4 Å². The molecule has 0 aliphatic carbocycles. The van der Waals surface area contributed by atoms with E-state index >= 15 is 0 Å². The van der Waals surface area contributed by atoms with Gasteiger partial charge < -0.3 is 13.7 Å². The second-order valence-corrected chi connectivity index (χ2v) is 7.80. The fraction of sp³-hybridized carbons (Fsp3) is 0.148. The predicted molar refractivity (Wildman–Crippen MR) is 127 cm³/mol. The van der Waals surface area contributed by atoms with Crippen LogP contribution in [0.1, 0.15) is 34.6 Å². The Bertz CT molecular complexity index is 1500. The lowest BCUT2D eigenvalue weighted by Gasteiger charge is -2.08. The Morgan fingerprint density at radius 3 is 2.65 bits per heavy atom. The van der Waals surface area contributed by atoms with Crippen molar-refractivity contribution in [2.45, 2.75) is 20.4 Å². The van der Waals surface area contributed by atoms with Gasteiger partial charge in [0.25, 0.3) is 0 Å². The molecule has 5 aromatic rings. The monoisotopic (exact) mass is 455 g/mol. The third-order valence-electron chi connectivity index (χ3n) is 5.56. The van der Waals surface area contributed by atoms with Crippen LogP contribution in [0.2, 0.25) is 0 Å². The summed E-state index contributed by atoms with van der Waals surface area (Å²) in [5.41, 5.74) is 3.11. The largest absolute Gasteiger partial charge is 0.493 e. The maximum absolute atomic E-state index is 13.8. The standard InChI is InChI=1S/C27H22FN3O3/c1-3-33-24-14-7-4-11-20(24)27-30-22(17(2)34-27)16-31-23-13-6-5-12-21(23)29-26(31)25(32)18-9-8-10-19(28)15-18/h4-15H,3,16H2,1-2H3. The van der Waals surface area contributed by atoms with Gasteiger partial charge in [-0.1, -0.05) is 36.4 Å². The van der Waals surface area contributed by atoms with Gasteiger partial charge in [0.2, 0.25) is 11.7 Å². The molecule has 0 amide bonds. The number of ether oxygens (including phenoxy) is 1. The molecule has 0 saturated carbocycles. The van der Waals surface area contributed by atoms with E-state index in [9.17, 15) is 9.18 Å². The summed E-state index contributed by atoms with van der Waals surface area (Å²) in [5, 5.41) is 0. The topological polar surface area (TPSA) is 70.2 Å². The summed E-state index contributed by atoms with van der Waals surface area (Å²) < 4.78 is 27.3. The lowest BCUT2D eigenvalue weighted by molar-refractivity contribution is 0.102. The van der Waals surface area contributed by atoms with Crippen LogP contribution in [-0.4, -0.2) is 26.9 Å². The molecule has 34 heavy (non-hydrogen) atoms. The molecular weight excluding hydrogens is 433 g/mol. The summed E-state index contributed by atoms with van der Waals surface area (Å²) in [6.45, 7) is 4.55. The third-order valence-corrected chi connectivity index (χ3v) is 5.56. The van der Waals surface area contributed by atoms with Crippen LogP contribution in [-0.2, 0) is 6.54 Å². The zero-order valence-electron chi connectivity index (χ0n) is 18.8. The average Bonchev–Trinajstić information content (AvgIpc) is 3.40. The molecule has 0 unspecified atom stereocenters. The smallest absolute Gasteiger partial charge is 0.230 e. The summed E-state index contributed by atoms with van der Waals surface area (Å²) in [6, 6.07) is 20.7. The molecule has 0 spiro atoms. The fourth-order valence-corrected chi connectivity index (χ4v) is 3.93. The lowest BCUT2D eigenvalue weighted by Crippen LogP contribution is -2.13. The van der Waals surface area contributed by atoms with Gasteiger partial charge in [-0.2, -0.15) is 0 Å². The van der Waals surface area contributed by atoms with Gasteiger partial charge in [-0.05, 0) is 50.2 Å². The second-order valence-electron chi connectivity index (χ2n) is 7.80. The van der Waals surface area contributed by atoms with Crippen molar-refractivity contribution in [1.29, 1.82) is 0 Å². The summed E-state index contributed by atoms with van der Waals surface area (Å²) >= 11 is 0. The highest BCUT2D eigenvalue weighted by atomic mass is 19.1. The van der Waals surface area contributed by atoms with Crippen LogP contribution in [0.25, 0.3) is 22.5 Å². The first-order chi connectivity index (χ1) is 16.5. The summed E-state index contributed by atoms with van der Waals surface area (Å²) in [6.07, 6.45) is 0. The number of carbonyl (C=O) groups excluding carboxylic acids is 1. The van der Waals surface area contributed by atoms with Crippen LogP contribution >= 0.6 is 0 Å². The Morgan fingerprint density at radius 2 is 1.82 bits per heavy atom. The highest BCUT2D eigenvalue weighted by Gasteiger charge is 2.22. The van der Waals surface area contributed by atoms with E-state index in [4.69, 9.17) is 14.1 Å². The molecule has 0 fully saturated rings. The molecule has 2 aromatic heterocycles. The predicted octanol–water partition coefficient (Wildman–Crippen LogP) is 5.82. The molecule has 0 aliphatic heterocycles. The number of aromatic nitrogens is 3. The van der Waals surface area contributed by atoms with Gasteiger partial charge in [0.15, 0.2) is 5.82 Å². The molecular formula is C27H22FN3O3. The molecule has 6 nitrogen and oxygen atoms in total. The number of hydrogen-bond donors (Lipinski definition) is 0. The molecule has 0 saturated heterocycles. The quantitative estimate of drug-likeness (QED) is 0.289. The van der Waals surface area contributed by atoms with Gasteiger partial charge >= 0.3 is 0 Å². The molecule has 170 valence electrons. The van der Waals surface area contributed by atoms with Crippen molar-refractivity contribution >= 4 is 16.8 Å². The fourth-order valence-electron chi connectivity index (χ4n) is 3.93. The molecule has 5 rings (SSSR count). The van der Waals surface area contributed by atoms with Gasteiger partial charge in [0.1, 0.15) is 23.0 Å². The van der Waals surface area contributed by atoms with E-state index in [1.54, 1.807) is 10.6 Å². The van der Waals surface area contributed by atoms with Crippen LogP contribution in [0.5, 0.6) is 5.75 Å². The number of aryl methyl sites for hydroxylation is 1. The minimum atomic E-state index is -0.474. The number of imidazole rings is 1. The number of oxazole rings is 1. The summed E-state index contributed by atoms with van der Waals surface area (Å²) in [7, 11) is 0. The molecule has 0 atom stereocenters. The maximum atomic E-state index is 13.8. The molecule has 0 N–H and O–H groups in total. The molecule has 0 bridgehead atoms. The van der Waals surface area contributed by atoms with Crippen LogP contribution < -0.4 is 4.74 Å². The Balaban J connectivity index is 1.58. The number of rotatable bonds is 7. The van der Waals surface area contributed by atoms with Crippen molar-refractivity contribution in [3.05, 3.63) is 101 Å². The van der Waals surface area contributed by atoms with E-state index in [0.717, 1.165) is 11.1 Å². The van der Waals surface area contributed by atoms with E-state index in [1.807, 2.05) is 62.4 Å². The Hall–Kier alpha value is -4.26. The van der Waals surface area contributed by atoms with E-state index in [0.29, 0.717) is 35.2 Å². The number of carbonyl (C=O) groups is 1. The number of halogens is 1. The van der Waals surface area contributed by atoms with Crippen LogP contribution in [0, 0.1) is 12.7 Å². The molecule has 7 heteroatoms. The summed E-state index contributed by atoms with van der Waals surface area (Å²) in [5.74, 6) is 1.14. The first-order valence-corrected chi connectivity index (χ1v) is 11.0. The van der Waals surface area contributed by atoms with E-state index in [1.165, 1.54) is 18.2 Å². The highest BCUT2D eigenvalue weighted by Crippen LogP contribution is 2.31. The van der Waals surface area contributed by atoms with E-state index in [2.05, 4.69) is 4.98 Å². The van der Waals surface area contributed by atoms with Crippen molar-refractivity contribution in [2.75, 3.05) is 6.61 Å². The van der Waals surface area contributed by atoms with Gasteiger partial charge in [-0.15, -0.1) is 0 Å². The highest BCUT2D eigenvalue weighted by molar-refractivity contribution is 6.08. The van der Waals surface area contributed by atoms with Crippen LogP contribution in [0.4, 0.5) is 4.39 Å². The van der Waals surface area contributed by atoms with Crippen molar-refractivity contribution in [3.63, 3.8) is 0 Å². The molecule has 2 heterocycles. The zero-order chi connectivity index (χ0) is 23.7. The van der Waals surface area contributed by atoms with Gasteiger partial charge in [-0.3, -0.25) is 4.79 Å². The number of benzene rings is 3. The van der Waals surface area contributed by atoms with E-state index in [-0.39, 0.29) is 23.7 Å². The molecule has 0 aliphatic rings. The van der Waals surface area contributed by atoms with E-state index < -0.39 is 5.82 Å². The maximum Gasteiger partial charge on any atom is 0.230 e. The average molecular weight is 455 g/mol. The summed E-state index contributed by atoms with van der Waals surface area (Å²) in [4.78, 5) is 22.6. The number of fused-ring (bicyclic) bond motifs is 1.